The fourth-order valence-electron chi connectivity index (χ4n) is 3.70. The molecule has 0 aromatic heterocycles. The lowest BCUT2D eigenvalue weighted by molar-refractivity contribution is 0.0421. The van der Waals surface area contributed by atoms with Crippen LogP contribution in [0.3, 0.4) is 0 Å². The third-order valence-corrected chi connectivity index (χ3v) is 5.13. The van der Waals surface area contributed by atoms with Crippen molar-refractivity contribution < 1.29 is 9.84 Å². The third kappa shape index (κ3) is 7.45. The first-order chi connectivity index (χ1) is 12.2. The summed E-state index contributed by atoms with van der Waals surface area (Å²) in [5.41, 5.74) is 1.41. The van der Waals surface area contributed by atoms with Gasteiger partial charge in [-0.05, 0) is 58.2 Å². The van der Waals surface area contributed by atoms with Crippen LogP contribution in [-0.4, -0.2) is 66.4 Å². The van der Waals surface area contributed by atoms with Gasteiger partial charge in [0.25, 0.3) is 0 Å². The van der Waals surface area contributed by atoms with Crippen LogP contribution in [0.2, 0.25) is 0 Å². The Hall–Kier alpha value is -0.940. The van der Waals surface area contributed by atoms with Crippen molar-refractivity contribution in [3.63, 3.8) is 0 Å². The van der Waals surface area contributed by atoms with E-state index in [9.17, 15) is 0 Å². The van der Waals surface area contributed by atoms with Gasteiger partial charge in [0.2, 0.25) is 0 Å². The maximum absolute atomic E-state index is 8.80. The number of likely N-dealkylation sites (tertiary alicyclic amines) is 1. The molecule has 1 heterocycles. The molecule has 1 aromatic rings. The lowest BCUT2D eigenvalue weighted by Crippen LogP contribution is -2.48. The average molecular weight is 349 g/mol. The molecule has 1 aromatic carbocycles. The number of piperidine rings is 1. The zero-order chi connectivity index (χ0) is 17.9. The van der Waals surface area contributed by atoms with Gasteiger partial charge in [-0.3, -0.25) is 9.80 Å². The van der Waals surface area contributed by atoms with Crippen LogP contribution >= 0.6 is 0 Å². The van der Waals surface area contributed by atoms with Gasteiger partial charge in [-0.1, -0.05) is 30.3 Å². The quantitative estimate of drug-likeness (QED) is 0.623. The van der Waals surface area contributed by atoms with E-state index >= 15 is 0 Å². The van der Waals surface area contributed by atoms with Gasteiger partial charge < -0.3 is 9.84 Å². The van der Waals surface area contributed by atoms with Crippen LogP contribution in [0.25, 0.3) is 0 Å². The van der Waals surface area contributed by atoms with E-state index in [4.69, 9.17) is 9.84 Å². The van der Waals surface area contributed by atoms with Crippen LogP contribution in [0, 0.1) is 0 Å². The largest absolute Gasteiger partial charge is 0.396 e. The van der Waals surface area contributed by atoms with Crippen molar-refractivity contribution in [2.45, 2.75) is 58.2 Å². The molecule has 0 radical (unpaired) electrons. The van der Waals surface area contributed by atoms with Gasteiger partial charge in [0.05, 0.1) is 6.61 Å². The highest BCUT2D eigenvalue weighted by atomic mass is 16.5. The summed E-state index contributed by atoms with van der Waals surface area (Å²) in [6.45, 7) is 10.9. The number of benzene rings is 1. The summed E-state index contributed by atoms with van der Waals surface area (Å²) < 4.78 is 5.74. The van der Waals surface area contributed by atoms with E-state index in [2.05, 4.69) is 54.0 Å². The highest BCUT2D eigenvalue weighted by molar-refractivity contribution is 5.14. The first kappa shape index (κ1) is 20.4. The Morgan fingerprint density at radius 2 is 1.84 bits per heavy atom. The molecular weight excluding hydrogens is 312 g/mol. The number of hydrogen-bond donors (Lipinski definition) is 1. The molecular formula is C21H36N2O2. The number of nitrogens with zero attached hydrogens (tertiary/aromatic N) is 2. The van der Waals surface area contributed by atoms with E-state index in [1.54, 1.807) is 0 Å². The Kier molecular flexibility index (Phi) is 9.48. The molecule has 0 saturated carbocycles. The van der Waals surface area contributed by atoms with Crippen LogP contribution in [-0.2, 0) is 11.3 Å². The third-order valence-electron chi connectivity index (χ3n) is 5.13. The van der Waals surface area contributed by atoms with E-state index in [-0.39, 0.29) is 6.61 Å². The summed E-state index contributed by atoms with van der Waals surface area (Å²) in [5.74, 6) is 0. The molecule has 2 rings (SSSR count). The molecule has 1 saturated heterocycles. The second kappa shape index (κ2) is 11.6. The number of rotatable bonds is 11. The molecule has 25 heavy (non-hydrogen) atoms. The Balaban J connectivity index is 1.70. The van der Waals surface area contributed by atoms with Crippen molar-refractivity contribution in [2.24, 2.45) is 0 Å². The predicted molar refractivity (Wildman–Crippen MR) is 104 cm³/mol. The van der Waals surface area contributed by atoms with Crippen molar-refractivity contribution in [2.75, 3.05) is 39.5 Å². The summed E-state index contributed by atoms with van der Waals surface area (Å²) in [4.78, 5) is 5.20. The lowest BCUT2D eigenvalue weighted by atomic mass is 10.0. The molecule has 4 nitrogen and oxygen atoms in total. The first-order valence-corrected chi connectivity index (χ1v) is 9.91. The van der Waals surface area contributed by atoms with Gasteiger partial charge >= 0.3 is 0 Å². The monoisotopic (exact) mass is 348 g/mol. The standard InChI is InChI=1S/C21H36N2O2/c1-19(2)23(14-17-25-16-7-6-15-24)21-10-12-22(13-11-21)18-20-8-4-3-5-9-20/h3-5,8-9,19,21,24H,6-7,10-18H2,1-2H3. The summed E-state index contributed by atoms with van der Waals surface area (Å²) >= 11 is 0. The van der Waals surface area contributed by atoms with Crippen molar-refractivity contribution >= 4 is 0 Å². The molecule has 1 N–H and O–H groups in total. The Bertz CT molecular complexity index is 444. The topological polar surface area (TPSA) is 35.9 Å². The van der Waals surface area contributed by atoms with Gasteiger partial charge in [0.1, 0.15) is 0 Å². The molecule has 0 unspecified atom stereocenters. The van der Waals surface area contributed by atoms with Crippen molar-refractivity contribution in [3.8, 4) is 0 Å². The van der Waals surface area contributed by atoms with Crippen molar-refractivity contribution in [3.05, 3.63) is 35.9 Å². The van der Waals surface area contributed by atoms with Crippen LogP contribution in [0.5, 0.6) is 0 Å². The van der Waals surface area contributed by atoms with Gasteiger partial charge in [0, 0.05) is 38.4 Å². The number of aliphatic hydroxyl groups excluding tert-OH is 1. The number of unbranched alkanes of at least 4 members (excludes halogenated alkanes) is 1. The minimum atomic E-state index is 0.267. The average Bonchev–Trinajstić information content (AvgIpc) is 2.63. The van der Waals surface area contributed by atoms with E-state index in [1.165, 1.54) is 31.5 Å². The Labute approximate surface area is 153 Å². The van der Waals surface area contributed by atoms with E-state index in [1.807, 2.05) is 0 Å². The van der Waals surface area contributed by atoms with E-state index in [0.29, 0.717) is 12.1 Å². The molecule has 0 aliphatic carbocycles. The summed E-state index contributed by atoms with van der Waals surface area (Å²) in [5, 5.41) is 8.80. The summed E-state index contributed by atoms with van der Waals surface area (Å²) in [7, 11) is 0. The molecule has 0 atom stereocenters. The number of ether oxygens (including phenoxy) is 1. The smallest absolute Gasteiger partial charge is 0.0593 e. The normalized spacial score (nSPS) is 16.8. The number of aliphatic hydroxyl groups is 1. The van der Waals surface area contributed by atoms with Crippen LogP contribution < -0.4 is 0 Å². The van der Waals surface area contributed by atoms with Crippen LogP contribution in [0.15, 0.2) is 30.3 Å². The minimum Gasteiger partial charge on any atom is -0.396 e. The second-order valence-corrected chi connectivity index (χ2v) is 7.37. The molecule has 0 amide bonds. The summed E-state index contributed by atoms with van der Waals surface area (Å²) in [6, 6.07) is 12.0. The zero-order valence-electron chi connectivity index (χ0n) is 16.1. The van der Waals surface area contributed by atoms with E-state index < -0.39 is 0 Å². The number of hydrogen-bond acceptors (Lipinski definition) is 4. The fourth-order valence-corrected chi connectivity index (χ4v) is 3.70. The molecule has 1 aliphatic heterocycles. The lowest BCUT2D eigenvalue weighted by Gasteiger charge is -2.40. The van der Waals surface area contributed by atoms with Crippen molar-refractivity contribution in [1.29, 1.82) is 0 Å². The predicted octanol–water partition coefficient (Wildman–Crippen LogP) is 3.15. The van der Waals surface area contributed by atoms with E-state index in [0.717, 1.165) is 39.1 Å². The maximum atomic E-state index is 8.80. The van der Waals surface area contributed by atoms with Gasteiger partial charge in [-0.15, -0.1) is 0 Å². The first-order valence-electron chi connectivity index (χ1n) is 9.91. The minimum absolute atomic E-state index is 0.267. The zero-order valence-corrected chi connectivity index (χ0v) is 16.1. The van der Waals surface area contributed by atoms with Gasteiger partial charge in [-0.2, -0.15) is 0 Å². The molecule has 1 fully saturated rings. The second-order valence-electron chi connectivity index (χ2n) is 7.37. The molecule has 0 spiro atoms. The molecule has 4 heteroatoms. The van der Waals surface area contributed by atoms with Crippen LogP contribution in [0.1, 0.15) is 45.1 Å². The van der Waals surface area contributed by atoms with Crippen LogP contribution in [0.4, 0.5) is 0 Å². The molecule has 0 bridgehead atoms. The highest BCUT2D eigenvalue weighted by Gasteiger charge is 2.26. The van der Waals surface area contributed by atoms with Gasteiger partial charge in [-0.25, -0.2) is 0 Å². The molecule has 1 aliphatic rings. The fraction of sp³-hybridized carbons (Fsp3) is 0.714. The highest BCUT2D eigenvalue weighted by Crippen LogP contribution is 2.20. The Morgan fingerprint density at radius 3 is 2.48 bits per heavy atom. The van der Waals surface area contributed by atoms with Crippen molar-refractivity contribution in [1.82, 2.24) is 9.80 Å². The maximum Gasteiger partial charge on any atom is 0.0593 e. The van der Waals surface area contributed by atoms with Gasteiger partial charge in [0.15, 0.2) is 0 Å². The Morgan fingerprint density at radius 1 is 1.12 bits per heavy atom. The SMILES string of the molecule is CC(C)N(CCOCCCCO)C1CCN(Cc2ccccc2)CC1. The molecule has 142 valence electrons. The summed E-state index contributed by atoms with van der Waals surface area (Å²) in [6.07, 6.45) is 4.29.